The zero-order valence-electron chi connectivity index (χ0n) is 13.4. The standard InChI is InChI=1S/C19H20F2N2O/c20-17-5-1-15(2-6-17)19(16-3-7-18(21)8-4-16)23-11-9-22(10-12-23)13-14-24/h1-8,14,19H,9-13H2. The van der Waals surface area contributed by atoms with Gasteiger partial charge in [0.25, 0.3) is 0 Å². The topological polar surface area (TPSA) is 23.6 Å². The minimum absolute atomic E-state index is 0.0513. The van der Waals surface area contributed by atoms with Crippen LogP contribution in [0.25, 0.3) is 0 Å². The highest BCUT2D eigenvalue weighted by Gasteiger charge is 2.26. The number of piperazine rings is 1. The third-order valence-corrected chi connectivity index (χ3v) is 4.48. The molecule has 0 N–H and O–H groups in total. The fraction of sp³-hybridized carbons (Fsp3) is 0.316. The highest BCUT2D eigenvalue weighted by atomic mass is 19.1. The molecule has 0 radical (unpaired) electrons. The summed E-state index contributed by atoms with van der Waals surface area (Å²) in [7, 11) is 0. The lowest BCUT2D eigenvalue weighted by Crippen LogP contribution is -2.48. The molecule has 0 unspecified atom stereocenters. The van der Waals surface area contributed by atoms with Crippen molar-refractivity contribution in [3.63, 3.8) is 0 Å². The van der Waals surface area contributed by atoms with Gasteiger partial charge < -0.3 is 4.79 Å². The van der Waals surface area contributed by atoms with E-state index in [0.29, 0.717) is 6.54 Å². The Kier molecular flexibility index (Phi) is 5.33. The van der Waals surface area contributed by atoms with Crippen LogP contribution in [-0.2, 0) is 4.79 Å². The summed E-state index contributed by atoms with van der Waals surface area (Å²) >= 11 is 0. The molecule has 1 fully saturated rings. The number of rotatable bonds is 5. The van der Waals surface area contributed by atoms with Crippen molar-refractivity contribution in [2.24, 2.45) is 0 Å². The van der Waals surface area contributed by atoms with Crippen molar-refractivity contribution in [1.82, 2.24) is 9.80 Å². The van der Waals surface area contributed by atoms with E-state index in [2.05, 4.69) is 9.80 Å². The Morgan fingerprint density at radius 2 is 1.29 bits per heavy atom. The van der Waals surface area contributed by atoms with Crippen LogP contribution in [0.3, 0.4) is 0 Å². The summed E-state index contributed by atoms with van der Waals surface area (Å²) in [6.07, 6.45) is 0.924. The second-order valence-electron chi connectivity index (χ2n) is 6.01. The molecule has 1 heterocycles. The molecule has 126 valence electrons. The quantitative estimate of drug-likeness (QED) is 0.788. The van der Waals surface area contributed by atoms with Gasteiger partial charge in [-0.1, -0.05) is 24.3 Å². The van der Waals surface area contributed by atoms with Gasteiger partial charge in [-0.3, -0.25) is 9.80 Å². The van der Waals surface area contributed by atoms with Gasteiger partial charge in [-0.25, -0.2) is 8.78 Å². The van der Waals surface area contributed by atoms with Crippen LogP contribution in [0, 0.1) is 11.6 Å². The summed E-state index contributed by atoms with van der Waals surface area (Å²) in [5.41, 5.74) is 1.96. The van der Waals surface area contributed by atoms with Crippen molar-refractivity contribution < 1.29 is 13.6 Å². The third kappa shape index (κ3) is 3.86. The SMILES string of the molecule is O=CCN1CCN(C(c2ccc(F)cc2)c2ccc(F)cc2)CC1. The Balaban J connectivity index is 1.86. The number of hydrogen-bond donors (Lipinski definition) is 0. The fourth-order valence-corrected chi connectivity index (χ4v) is 3.21. The molecule has 0 atom stereocenters. The smallest absolute Gasteiger partial charge is 0.133 e. The van der Waals surface area contributed by atoms with Crippen molar-refractivity contribution >= 4 is 6.29 Å². The molecule has 2 aromatic carbocycles. The lowest BCUT2D eigenvalue weighted by Gasteiger charge is -2.39. The van der Waals surface area contributed by atoms with Crippen molar-refractivity contribution in [1.29, 1.82) is 0 Å². The minimum Gasteiger partial charge on any atom is -0.302 e. The van der Waals surface area contributed by atoms with Crippen molar-refractivity contribution in [2.75, 3.05) is 32.7 Å². The molecular formula is C19H20F2N2O. The summed E-state index contributed by atoms with van der Waals surface area (Å²) in [6.45, 7) is 3.65. The first-order chi connectivity index (χ1) is 11.7. The maximum atomic E-state index is 13.3. The Hall–Kier alpha value is -2.11. The zero-order valence-corrected chi connectivity index (χ0v) is 13.4. The minimum atomic E-state index is -0.271. The largest absolute Gasteiger partial charge is 0.302 e. The molecule has 0 bridgehead atoms. The Morgan fingerprint density at radius 3 is 1.71 bits per heavy atom. The van der Waals surface area contributed by atoms with Gasteiger partial charge in [0.05, 0.1) is 12.6 Å². The van der Waals surface area contributed by atoms with E-state index in [-0.39, 0.29) is 17.7 Å². The average Bonchev–Trinajstić information content (AvgIpc) is 2.60. The van der Waals surface area contributed by atoms with Gasteiger partial charge >= 0.3 is 0 Å². The normalized spacial score (nSPS) is 16.5. The van der Waals surface area contributed by atoms with Gasteiger partial charge in [0.15, 0.2) is 0 Å². The first-order valence-corrected chi connectivity index (χ1v) is 8.08. The molecule has 3 nitrogen and oxygen atoms in total. The van der Waals surface area contributed by atoms with Gasteiger partial charge in [-0.05, 0) is 35.4 Å². The molecular weight excluding hydrogens is 310 g/mol. The lowest BCUT2D eigenvalue weighted by atomic mass is 9.96. The Labute approximate surface area is 140 Å². The van der Waals surface area contributed by atoms with Crippen LogP contribution in [0.5, 0.6) is 0 Å². The highest BCUT2D eigenvalue weighted by Crippen LogP contribution is 2.30. The van der Waals surface area contributed by atoms with Gasteiger partial charge in [0.1, 0.15) is 17.9 Å². The molecule has 24 heavy (non-hydrogen) atoms. The first kappa shape index (κ1) is 16.7. The average molecular weight is 330 g/mol. The number of benzene rings is 2. The van der Waals surface area contributed by atoms with Crippen molar-refractivity contribution in [2.45, 2.75) is 6.04 Å². The van der Waals surface area contributed by atoms with Gasteiger partial charge in [-0.15, -0.1) is 0 Å². The molecule has 0 spiro atoms. The molecule has 0 amide bonds. The van der Waals surface area contributed by atoms with E-state index in [1.165, 1.54) is 24.3 Å². The number of carbonyl (C=O) groups is 1. The lowest BCUT2D eigenvalue weighted by molar-refractivity contribution is -0.109. The monoisotopic (exact) mass is 330 g/mol. The molecule has 0 saturated carbocycles. The van der Waals surface area contributed by atoms with Crippen LogP contribution in [0.2, 0.25) is 0 Å². The second kappa shape index (κ2) is 7.64. The number of carbonyl (C=O) groups excluding carboxylic acids is 1. The van der Waals surface area contributed by atoms with E-state index in [4.69, 9.17) is 0 Å². The predicted molar refractivity (Wildman–Crippen MR) is 88.7 cm³/mol. The summed E-state index contributed by atoms with van der Waals surface area (Å²) in [5.74, 6) is -0.542. The Bertz CT molecular complexity index is 619. The van der Waals surface area contributed by atoms with Crippen molar-refractivity contribution in [3.05, 3.63) is 71.3 Å². The highest BCUT2D eigenvalue weighted by molar-refractivity contribution is 5.52. The zero-order chi connectivity index (χ0) is 16.9. The number of aldehydes is 1. The third-order valence-electron chi connectivity index (χ3n) is 4.48. The molecule has 5 heteroatoms. The van der Waals surface area contributed by atoms with Gasteiger partial charge in [0.2, 0.25) is 0 Å². The molecule has 0 aliphatic carbocycles. The maximum Gasteiger partial charge on any atom is 0.133 e. The van der Waals surface area contributed by atoms with E-state index in [0.717, 1.165) is 43.6 Å². The van der Waals surface area contributed by atoms with Crippen LogP contribution >= 0.6 is 0 Å². The predicted octanol–water partition coefficient (Wildman–Crippen LogP) is 2.87. The molecule has 1 aliphatic heterocycles. The summed E-state index contributed by atoms with van der Waals surface area (Å²) in [6, 6.07) is 12.9. The van der Waals surface area contributed by atoms with E-state index in [1.54, 1.807) is 24.3 Å². The fourth-order valence-electron chi connectivity index (χ4n) is 3.21. The van der Waals surface area contributed by atoms with Gasteiger partial charge in [-0.2, -0.15) is 0 Å². The summed E-state index contributed by atoms with van der Waals surface area (Å²) in [4.78, 5) is 15.1. The van der Waals surface area contributed by atoms with Crippen molar-refractivity contribution in [3.8, 4) is 0 Å². The number of halogens is 2. The van der Waals surface area contributed by atoms with Crippen LogP contribution in [0.1, 0.15) is 17.2 Å². The van der Waals surface area contributed by atoms with E-state index in [1.807, 2.05) is 0 Å². The molecule has 0 aromatic heterocycles. The molecule has 1 saturated heterocycles. The molecule has 1 aliphatic rings. The summed E-state index contributed by atoms with van der Waals surface area (Å²) < 4.78 is 26.6. The Morgan fingerprint density at radius 1 is 0.833 bits per heavy atom. The maximum absolute atomic E-state index is 13.3. The summed E-state index contributed by atoms with van der Waals surface area (Å²) in [5, 5.41) is 0. The van der Waals surface area contributed by atoms with Gasteiger partial charge in [0, 0.05) is 26.2 Å². The van der Waals surface area contributed by atoms with Crippen LogP contribution in [0.4, 0.5) is 8.78 Å². The van der Waals surface area contributed by atoms with E-state index >= 15 is 0 Å². The molecule has 3 rings (SSSR count). The van der Waals surface area contributed by atoms with Crippen LogP contribution < -0.4 is 0 Å². The first-order valence-electron chi connectivity index (χ1n) is 8.08. The number of nitrogens with zero attached hydrogens (tertiary/aromatic N) is 2. The van der Waals surface area contributed by atoms with E-state index < -0.39 is 0 Å². The second-order valence-corrected chi connectivity index (χ2v) is 6.01. The molecule has 2 aromatic rings. The van der Waals surface area contributed by atoms with Crippen LogP contribution in [-0.4, -0.2) is 48.8 Å². The van der Waals surface area contributed by atoms with Crippen LogP contribution in [0.15, 0.2) is 48.5 Å². The van der Waals surface area contributed by atoms with E-state index in [9.17, 15) is 13.6 Å². The number of hydrogen-bond acceptors (Lipinski definition) is 3.